The van der Waals surface area contributed by atoms with Gasteiger partial charge >= 0.3 is 11.8 Å². The van der Waals surface area contributed by atoms with E-state index in [2.05, 4.69) is 15.0 Å². The van der Waals surface area contributed by atoms with E-state index in [9.17, 15) is 10.1 Å². The molecule has 1 aromatic heterocycles. The molecule has 0 saturated carbocycles. The van der Waals surface area contributed by atoms with E-state index in [4.69, 9.17) is 10.3 Å². The SMILES string of the molecule is [N-]=[N+]=N[C@@H]1COc2nc([N+](=O)[O-])cn2C1. The predicted octanol–water partition coefficient (Wildman–Crippen LogP) is 0.863. The molecule has 1 atom stereocenters. The van der Waals surface area contributed by atoms with Crippen molar-refractivity contribution in [2.75, 3.05) is 6.61 Å². The standard InChI is InChI=1S/C6H6N6O3/c7-10-9-4-1-11-2-5(12(13)14)8-6(11)15-3-4/h2,4H,1,3H2/t4-/m0/s1. The molecule has 9 heteroatoms. The minimum atomic E-state index is -0.600. The molecular formula is C6H6N6O3. The van der Waals surface area contributed by atoms with Crippen LogP contribution in [0.5, 0.6) is 6.01 Å². The fraction of sp³-hybridized carbons (Fsp3) is 0.500. The first kappa shape index (κ1) is 9.28. The van der Waals surface area contributed by atoms with Gasteiger partial charge in [0.1, 0.15) is 12.8 Å². The Labute approximate surface area is 83.1 Å². The van der Waals surface area contributed by atoms with Crippen LogP contribution < -0.4 is 4.74 Å². The maximum Gasteiger partial charge on any atom is 0.414 e. The Bertz CT molecular complexity index is 448. The first-order valence-electron chi connectivity index (χ1n) is 4.09. The van der Waals surface area contributed by atoms with Crippen molar-refractivity contribution in [1.82, 2.24) is 9.55 Å². The smallest absolute Gasteiger partial charge is 0.414 e. The Morgan fingerprint density at radius 3 is 3.33 bits per heavy atom. The monoisotopic (exact) mass is 210 g/mol. The second-order valence-electron chi connectivity index (χ2n) is 2.96. The highest BCUT2D eigenvalue weighted by atomic mass is 16.6. The van der Waals surface area contributed by atoms with Crippen LogP contribution in [-0.4, -0.2) is 27.1 Å². The van der Waals surface area contributed by atoms with E-state index in [0.29, 0.717) is 6.54 Å². The minimum Gasteiger partial charge on any atom is -0.445 e. The number of fused-ring (bicyclic) bond motifs is 1. The van der Waals surface area contributed by atoms with E-state index in [1.54, 1.807) is 0 Å². The van der Waals surface area contributed by atoms with Crippen LogP contribution in [0.2, 0.25) is 0 Å². The molecule has 2 rings (SSSR count). The van der Waals surface area contributed by atoms with E-state index in [-0.39, 0.29) is 24.5 Å². The normalized spacial score (nSPS) is 18.5. The Hall–Kier alpha value is -2.28. The molecule has 0 saturated heterocycles. The number of hydrogen-bond acceptors (Lipinski definition) is 5. The van der Waals surface area contributed by atoms with Crippen LogP contribution in [0.25, 0.3) is 10.4 Å². The lowest BCUT2D eigenvalue weighted by Gasteiger charge is -2.17. The number of rotatable bonds is 2. The quantitative estimate of drug-likeness (QED) is 0.236. The van der Waals surface area contributed by atoms with Crippen molar-refractivity contribution in [2.24, 2.45) is 5.11 Å². The highest BCUT2D eigenvalue weighted by Crippen LogP contribution is 2.22. The molecule has 15 heavy (non-hydrogen) atoms. The third-order valence-electron chi connectivity index (χ3n) is 1.94. The summed E-state index contributed by atoms with van der Waals surface area (Å²) < 4.78 is 6.56. The number of imidazole rings is 1. The van der Waals surface area contributed by atoms with Crippen LogP contribution in [0.15, 0.2) is 11.3 Å². The predicted molar refractivity (Wildman–Crippen MR) is 47.3 cm³/mol. The molecule has 0 bridgehead atoms. The molecule has 9 nitrogen and oxygen atoms in total. The molecule has 0 spiro atoms. The summed E-state index contributed by atoms with van der Waals surface area (Å²) in [6, 6.07) is -0.164. The van der Waals surface area contributed by atoms with E-state index in [0.717, 1.165) is 0 Å². The third-order valence-corrected chi connectivity index (χ3v) is 1.94. The van der Waals surface area contributed by atoms with Crippen molar-refractivity contribution in [1.29, 1.82) is 0 Å². The molecule has 0 unspecified atom stereocenters. The summed E-state index contributed by atoms with van der Waals surface area (Å²) in [4.78, 5) is 16.1. The van der Waals surface area contributed by atoms with Gasteiger partial charge in [0.15, 0.2) is 0 Å². The Balaban J connectivity index is 2.26. The second kappa shape index (κ2) is 3.46. The van der Waals surface area contributed by atoms with Gasteiger partial charge < -0.3 is 14.9 Å². The van der Waals surface area contributed by atoms with E-state index in [1.807, 2.05) is 0 Å². The van der Waals surface area contributed by atoms with Gasteiger partial charge in [-0.3, -0.25) is 4.57 Å². The average Bonchev–Trinajstić information content (AvgIpc) is 2.61. The van der Waals surface area contributed by atoms with Gasteiger partial charge in [-0.15, -0.1) is 0 Å². The largest absolute Gasteiger partial charge is 0.445 e. The first-order chi connectivity index (χ1) is 7.20. The van der Waals surface area contributed by atoms with E-state index in [1.165, 1.54) is 10.8 Å². The number of nitrogens with zero attached hydrogens (tertiary/aromatic N) is 6. The lowest BCUT2D eigenvalue weighted by atomic mass is 10.3. The molecule has 0 aliphatic carbocycles. The third kappa shape index (κ3) is 1.67. The molecule has 0 fully saturated rings. The van der Waals surface area contributed by atoms with E-state index >= 15 is 0 Å². The molecule has 0 radical (unpaired) electrons. The molecule has 78 valence electrons. The van der Waals surface area contributed by atoms with Gasteiger partial charge in [-0.05, 0) is 10.5 Å². The summed E-state index contributed by atoms with van der Waals surface area (Å²) >= 11 is 0. The van der Waals surface area contributed by atoms with Gasteiger partial charge in [-0.2, -0.15) is 0 Å². The van der Waals surface area contributed by atoms with Crippen LogP contribution in [-0.2, 0) is 6.54 Å². The summed E-state index contributed by atoms with van der Waals surface area (Å²) in [6.45, 7) is 0.540. The van der Waals surface area contributed by atoms with Crippen LogP contribution in [0, 0.1) is 10.1 Å². The number of azide groups is 1. The Morgan fingerprint density at radius 1 is 1.87 bits per heavy atom. The zero-order chi connectivity index (χ0) is 10.8. The van der Waals surface area contributed by atoms with Crippen molar-refractivity contribution in [2.45, 2.75) is 12.6 Å². The van der Waals surface area contributed by atoms with E-state index < -0.39 is 4.92 Å². The van der Waals surface area contributed by atoms with Gasteiger partial charge in [0.05, 0.1) is 6.04 Å². The minimum absolute atomic E-state index is 0.186. The van der Waals surface area contributed by atoms with Crippen LogP contribution in [0.3, 0.4) is 0 Å². The highest BCUT2D eigenvalue weighted by Gasteiger charge is 2.26. The zero-order valence-corrected chi connectivity index (χ0v) is 7.48. The van der Waals surface area contributed by atoms with Crippen molar-refractivity contribution in [3.05, 3.63) is 26.8 Å². The van der Waals surface area contributed by atoms with Gasteiger partial charge in [0.2, 0.25) is 0 Å². The fourth-order valence-electron chi connectivity index (χ4n) is 1.31. The summed E-state index contributed by atoms with van der Waals surface area (Å²) in [5.74, 6) is -0.272. The fourth-order valence-corrected chi connectivity index (χ4v) is 1.31. The van der Waals surface area contributed by atoms with Crippen molar-refractivity contribution >= 4 is 5.82 Å². The molecular weight excluding hydrogens is 204 g/mol. The topological polar surface area (TPSA) is 119 Å². The van der Waals surface area contributed by atoms with Crippen molar-refractivity contribution in [3.63, 3.8) is 0 Å². The van der Waals surface area contributed by atoms with Crippen LogP contribution >= 0.6 is 0 Å². The van der Waals surface area contributed by atoms with Gasteiger partial charge in [-0.25, -0.2) is 0 Å². The summed E-state index contributed by atoms with van der Waals surface area (Å²) in [5.41, 5.74) is 8.23. The first-order valence-corrected chi connectivity index (χ1v) is 4.09. The van der Waals surface area contributed by atoms with Crippen molar-refractivity contribution < 1.29 is 9.66 Å². The van der Waals surface area contributed by atoms with Gasteiger partial charge in [0, 0.05) is 16.4 Å². The second-order valence-corrected chi connectivity index (χ2v) is 2.96. The van der Waals surface area contributed by atoms with Gasteiger partial charge in [0.25, 0.3) is 0 Å². The Morgan fingerprint density at radius 2 is 2.67 bits per heavy atom. The lowest BCUT2D eigenvalue weighted by molar-refractivity contribution is -0.389. The molecule has 0 amide bonds. The zero-order valence-electron chi connectivity index (χ0n) is 7.48. The molecule has 0 N–H and O–H groups in total. The molecule has 2 heterocycles. The molecule has 1 aliphatic heterocycles. The summed E-state index contributed by atoms with van der Waals surface area (Å²) in [7, 11) is 0. The number of hydrogen-bond donors (Lipinski definition) is 0. The molecule has 0 aromatic carbocycles. The highest BCUT2D eigenvalue weighted by molar-refractivity contribution is 5.21. The molecule has 1 aliphatic rings. The summed E-state index contributed by atoms with van der Waals surface area (Å²) in [6.07, 6.45) is 1.26. The maximum atomic E-state index is 10.4. The average molecular weight is 210 g/mol. The number of nitro groups is 1. The van der Waals surface area contributed by atoms with Crippen LogP contribution in [0.1, 0.15) is 0 Å². The lowest BCUT2D eigenvalue weighted by Crippen LogP contribution is -2.27. The van der Waals surface area contributed by atoms with Gasteiger partial charge in [-0.1, -0.05) is 5.11 Å². The maximum absolute atomic E-state index is 10.4. The van der Waals surface area contributed by atoms with Crippen molar-refractivity contribution in [3.8, 4) is 6.01 Å². The Kier molecular flexibility index (Phi) is 2.14. The number of aromatic nitrogens is 2. The summed E-state index contributed by atoms with van der Waals surface area (Å²) in [5, 5.41) is 13.9. The van der Waals surface area contributed by atoms with Crippen LogP contribution in [0.4, 0.5) is 5.82 Å². The number of ether oxygens (including phenoxy) is 1. The molecule has 1 aromatic rings.